The van der Waals surface area contributed by atoms with Gasteiger partial charge in [0, 0.05) is 21.5 Å². The summed E-state index contributed by atoms with van der Waals surface area (Å²) >= 11 is 7.73. The molecule has 3 nitrogen and oxygen atoms in total. The lowest BCUT2D eigenvalue weighted by atomic mass is 10.1. The first kappa shape index (κ1) is 16.5. The molecule has 2 heterocycles. The van der Waals surface area contributed by atoms with Gasteiger partial charge in [-0.15, -0.1) is 0 Å². The summed E-state index contributed by atoms with van der Waals surface area (Å²) in [5, 5.41) is 0. The minimum Gasteiger partial charge on any atom is -0.339 e. The Hall–Kier alpha value is -1.99. The first-order chi connectivity index (χ1) is 12.2. The third-order valence-corrected chi connectivity index (χ3v) is 5.37. The number of aromatic amines is 1. The minimum absolute atomic E-state index is 0.553. The molecule has 0 aliphatic carbocycles. The average Bonchev–Trinajstić information content (AvgIpc) is 3.09. The molecule has 0 unspecified atom stereocenters. The monoisotopic (exact) mass is 457 g/mol. The van der Waals surface area contributed by atoms with Crippen LogP contribution in [0.4, 0.5) is 0 Å². The normalized spacial score (nSPS) is 11.1. The Morgan fingerprint density at radius 3 is 2.40 bits per heavy atom. The van der Waals surface area contributed by atoms with Crippen molar-refractivity contribution in [3.05, 3.63) is 74.8 Å². The van der Waals surface area contributed by atoms with Crippen LogP contribution in [0, 0.1) is 8.34 Å². The molecule has 0 saturated carbocycles. The predicted octanol–water partition coefficient (Wildman–Crippen LogP) is 5.89. The van der Waals surface area contributed by atoms with E-state index in [-0.39, 0.29) is 0 Å². The SMILES string of the molecule is CCc1ccc(-c2cn3c(=S)ncc(-c4ccc(I)cc4)c3[nH]2)cc1. The fourth-order valence-corrected chi connectivity index (χ4v) is 3.47. The van der Waals surface area contributed by atoms with E-state index in [1.54, 1.807) is 0 Å². The zero-order valence-corrected chi connectivity index (χ0v) is 16.6. The number of nitrogens with zero attached hydrogens (tertiary/aromatic N) is 2. The van der Waals surface area contributed by atoms with E-state index in [1.165, 1.54) is 9.13 Å². The van der Waals surface area contributed by atoms with Crippen LogP contribution in [0.15, 0.2) is 60.9 Å². The van der Waals surface area contributed by atoms with E-state index in [0.29, 0.717) is 4.77 Å². The van der Waals surface area contributed by atoms with Crippen LogP contribution in [0.3, 0.4) is 0 Å². The Labute approximate surface area is 164 Å². The Morgan fingerprint density at radius 2 is 1.72 bits per heavy atom. The Kier molecular flexibility index (Phi) is 4.43. The zero-order chi connectivity index (χ0) is 17.4. The second-order valence-electron chi connectivity index (χ2n) is 5.90. The molecule has 1 N–H and O–H groups in total. The average molecular weight is 457 g/mol. The maximum atomic E-state index is 5.42. The van der Waals surface area contributed by atoms with Gasteiger partial charge >= 0.3 is 0 Å². The van der Waals surface area contributed by atoms with Crippen molar-refractivity contribution in [1.29, 1.82) is 0 Å². The zero-order valence-electron chi connectivity index (χ0n) is 13.7. The summed E-state index contributed by atoms with van der Waals surface area (Å²) in [6.07, 6.45) is 4.92. The number of benzene rings is 2. The highest BCUT2D eigenvalue weighted by atomic mass is 127. The van der Waals surface area contributed by atoms with Gasteiger partial charge in [-0.2, -0.15) is 0 Å². The van der Waals surface area contributed by atoms with Crippen LogP contribution in [0.5, 0.6) is 0 Å². The molecule has 0 amide bonds. The van der Waals surface area contributed by atoms with Gasteiger partial charge in [-0.1, -0.05) is 43.3 Å². The summed E-state index contributed by atoms with van der Waals surface area (Å²) in [7, 11) is 0. The summed E-state index contributed by atoms with van der Waals surface area (Å²) in [5.41, 5.74) is 6.64. The standard InChI is InChI=1S/C20H16IN3S/c1-2-13-3-5-15(6-4-13)18-12-24-19(23-18)17(11-22-20(24)25)14-7-9-16(21)10-8-14/h3-12,23H,2H2,1H3. The number of hydrogen-bond donors (Lipinski definition) is 1. The third-order valence-electron chi connectivity index (χ3n) is 4.35. The van der Waals surface area contributed by atoms with E-state index in [4.69, 9.17) is 12.2 Å². The Bertz CT molecular complexity index is 1090. The highest BCUT2D eigenvalue weighted by Crippen LogP contribution is 2.27. The lowest BCUT2D eigenvalue weighted by Gasteiger charge is -2.04. The molecule has 0 aliphatic rings. The van der Waals surface area contributed by atoms with E-state index in [0.717, 1.165) is 34.5 Å². The number of fused-ring (bicyclic) bond motifs is 1. The smallest absolute Gasteiger partial charge is 0.205 e. The van der Waals surface area contributed by atoms with Crippen LogP contribution < -0.4 is 0 Å². The highest BCUT2D eigenvalue weighted by Gasteiger charge is 2.10. The summed E-state index contributed by atoms with van der Waals surface area (Å²) in [6.45, 7) is 2.16. The van der Waals surface area contributed by atoms with Gasteiger partial charge in [-0.3, -0.25) is 4.40 Å². The molecular formula is C20H16IN3S. The maximum Gasteiger partial charge on any atom is 0.205 e. The van der Waals surface area contributed by atoms with Crippen molar-refractivity contribution in [1.82, 2.24) is 14.4 Å². The number of H-pyrrole nitrogens is 1. The first-order valence-corrected chi connectivity index (χ1v) is 9.60. The van der Waals surface area contributed by atoms with Crippen LogP contribution >= 0.6 is 34.8 Å². The van der Waals surface area contributed by atoms with Crippen molar-refractivity contribution in [3.63, 3.8) is 0 Å². The molecule has 0 spiro atoms. The molecule has 2 aromatic carbocycles. The molecule has 0 fully saturated rings. The quantitative estimate of drug-likeness (QED) is 0.307. The maximum absolute atomic E-state index is 5.42. The molecule has 0 radical (unpaired) electrons. The fraction of sp³-hybridized carbons (Fsp3) is 0.100. The van der Waals surface area contributed by atoms with Crippen LogP contribution in [0.2, 0.25) is 0 Å². The van der Waals surface area contributed by atoms with Gasteiger partial charge in [-0.25, -0.2) is 4.98 Å². The van der Waals surface area contributed by atoms with E-state index >= 15 is 0 Å². The van der Waals surface area contributed by atoms with Gasteiger partial charge in [0.1, 0.15) is 5.65 Å². The summed E-state index contributed by atoms with van der Waals surface area (Å²) in [6, 6.07) is 17.0. The van der Waals surface area contributed by atoms with Crippen molar-refractivity contribution in [2.24, 2.45) is 0 Å². The second-order valence-corrected chi connectivity index (χ2v) is 7.51. The van der Waals surface area contributed by atoms with Crippen molar-refractivity contribution in [2.75, 3.05) is 0 Å². The van der Waals surface area contributed by atoms with Crippen molar-refractivity contribution >= 4 is 40.5 Å². The summed E-state index contributed by atoms with van der Waals surface area (Å²) in [5.74, 6) is 0. The van der Waals surface area contributed by atoms with Crippen LogP contribution in [-0.4, -0.2) is 14.4 Å². The van der Waals surface area contributed by atoms with Gasteiger partial charge in [0.05, 0.1) is 5.69 Å². The highest BCUT2D eigenvalue weighted by molar-refractivity contribution is 14.1. The third kappa shape index (κ3) is 3.14. The fourth-order valence-electron chi connectivity index (χ4n) is 2.91. The van der Waals surface area contributed by atoms with Gasteiger partial charge in [-0.05, 0) is 70.1 Å². The number of halogens is 1. The largest absolute Gasteiger partial charge is 0.339 e. The van der Waals surface area contributed by atoms with Crippen molar-refractivity contribution in [3.8, 4) is 22.4 Å². The minimum atomic E-state index is 0.553. The van der Waals surface area contributed by atoms with Gasteiger partial charge in [0.15, 0.2) is 0 Å². The molecule has 0 saturated heterocycles. The number of aryl methyl sites for hydroxylation is 1. The lowest BCUT2D eigenvalue weighted by molar-refractivity contribution is 1.06. The van der Waals surface area contributed by atoms with Crippen LogP contribution in [0.25, 0.3) is 28.0 Å². The molecule has 4 aromatic rings. The van der Waals surface area contributed by atoms with E-state index in [9.17, 15) is 0 Å². The molecular weight excluding hydrogens is 441 g/mol. The molecule has 2 aromatic heterocycles. The molecule has 0 atom stereocenters. The molecule has 5 heteroatoms. The molecule has 0 aliphatic heterocycles. The predicted molar refractivity (Wildman–Crippen MR) is 113 cm³/mol. The molecule has 4 rings (SSSR count). The first-order valence-electron chi connectivity index (χ1n) is 8.11. The number of rotatable bonds is 3. The van der Waals surface area contributed by atoms with Crippen LogP contribution in [-0.2, 0) is 6.42 Å². The van der Waals surface area contributed by atoms with E-state index in [1.807, 2.05) is 16.8 Å². The molecule has 0 bridgehead atoms. The lowest BCUT2D eigenvalue weighted by Crippen LogP contribution is -1.92. The van der Waals surface area contributed by atoms with Crippen LogP contribution in [0.1, 0.15) is 12.5 Å². The second kappa shape index (κ2) is 6.72. The van der Waals surface area contributed by atoms with E-state index < -0.39 is 0 Å². The molecule has 25 heavy (non-hydrogen) atoms. The van der Waals surface area contributed by atoms with Crippen molar-refractivity contribution < 1.29 is 0 Å². The van der Waals surface area contributed by atoms with Gasteiger partial charge in [0.25, 0.3) is 0 Å². The Morgan fingerprint density at radius 1 is 1.04 bits per heavy atom. The van der Waals surface area contributed by atoms with Crippen molar-refractivity contribution in [2.45, 2.75) is 13.3 Å². The Balaban J connectivity index is 1.89. The summed E-state index contributed by atoms with van der Waals surface area (Å²) < 4.78 is 3.71. The number of hydrogen-bond acceptors (Lipinski definition) is 2. The van der Waals surface area contributed by atoms with E-state index in [2.05, 4.69) is 88.0 Å². The topological polar surface area (TPSA) is 33.1 Å². The number of nitrogens with one attached hydrogen (secondary N) is 1. The van der Waals surface area contributed by atoms with Gasteiger partial charge in [0.2, 0.25) is 4.77 Å². The van der Waals surface area contributed by atoms with Gasteiger partial charge < -0.3 is 4.98 Å². The summed E-state index contributed by atoms with van der Waals surface area (Å²) in [4.78, 5) is 7.92. The number of aromatic nitrogens is 3. The number of imidazole rings is 1. The molecule has 124 valence electrons.